The average molecular weight is 302 g/mol. The first kappa shape index (κ1) is 16.7. The van der Waals surface area contributed by atoms with Gasteiger partial charge >= 0.3 is 5.97 Å². The van der Waals surface area contributed by atoms with Crippen LogP contribution in [0.5, 0.6) is 0 Å². The van der Waals surface area contributed by atoms with Crippen molar-refractivity contribution in [2.45, 2.75) is 59.8 Å². The highest BCUT2D eigenvalue weighted by Gasteiger charge is 2.50. The van der Waals surface area contributed by atoms with E-state index in [9.17, 15) is 14.7 Å². The number of hydrogen-bond acceptors (Lipinski definition) is 2. The van der Waals surface area contributed by atoms with Gasteiger partial charge < -0.3 is 5.11 Å². The van der Waals surface area contributed by atoms with E-state index in [1.165, 1.54) is 5.56 Å². The summed E-state index contributed by atoms with van der Waals surface area (Å²) in [6.07, 6.45) is 3.38. The Morgan fingerprint density at radius 1 is 1.18 bits per heavy atom. The van der Waals surface area contributed by atoms with Gasteiger partial charge in [0.25, 0.3) is 0 Å². The number of carboxylic acid groups (broad SMARTS) is 1. The molecule has 0 bridgehead atoms. The maximum atomic E-state index is 12.9. The highest BCUT2D eigenvalue weighted by Crippen LogP contribution is 2.43. The van der Waals surface area contributed by atoms with Crippen LogP contribution in [-0.2, 0) is 16.0 Å². The molecule has 1 aromatic carbocycles. The monoisotopic (exact) mass is 302 g/mol. The molecule has 1 aromatic rings. The van der Waals surface area contributed by atoms with Crippen LogP contribution < -0.4 is 0 Å². The predicted octanol–water partition coefficient (Wildman–Crippen LogP) is 4.00. The summed E-state index contributed by atoms with van der Waals surface area (Å²) in [5.74, 6) is -1.15. The lowest BCUT2D eigenvalue weighted by atomic mass is 9.63. The molecule has 0 saturated heterocycles. The number of ketones is 1. The Morgan fingerprint density at radius 2 is 1.77 bits per heavy atom. The fraction of sp³-hybridized carbons (Fsp3) is 0.579. The molecular formula is C19H26O3. The molecule has 0 spiro atoms. The molecule has 0 aromatic heterocycles. The van der Waals surface area contributed by atoms with Gasteiger partial charge in [0.15, 0.2) is 5.78 Å². The highest BCUT2D eigenvalue weighted by atomic mass is 16.4. The lowest BCUT2D eigenvalue weighted by molar-refractivity contribution is -0.161. The topological polar surface area (TPSA) is 54.4 Å². The molecule has 1 N–H and O–H groups in total. The zero-order valence-corrected chi connectivity index (χ0v) is 14.0. The maximum absolute atomic E-state index is 12.9. The summed E-state index contributed by atoms with van der Waals surface area (Å²) in [4.78, 5) is 24.9. The molecule has 3 heteroatoms. The van der Waals surface area contributed by atoms with Crippen molar-refractivity contribution in [1.82, 2.24) is 0 Å². The first-order valence-corrected chi connectivity index (χ1v) is 8.12. The first-order valence-electron chi connectivity index (χ1n) is 8.12. The molecule has 0 aliphatic heterocycles. The molecular weight excluding hydrogens is 276 g/mol. The molecule has 1 fully saturated rings. The highest BCUT2D eigenvalue weighted by molar-refractivity contribution is 6.04. The lowest BCUT2D eigenvalue weighted by Crippen LogP contribution is -2.47. The number of aryl methyl sites for hydroxylation is 3. The van der Waals surface area contributed by atoms with Crippen molar-refractivity contribution in [2.24, 2.45) is 11.3 Å². The van der Waals surface area contributed by atoms with E-state index in [2.05, 4.69) is 12.1 Å². The van der Waals surface area contributed by atoms with Crippen molar-refractivity contribution in [2.75, 3.05) is 0 Å². The number of benzene rings is 1. The van der Waals surface area contributed by atoms with Crippen LogP contribution in [0.4, 0.5) is 0 Å². The maximum Gasteiger partial charge on any atom is 0.317 e. The fourth-order valence-electron chi connectivity index (χ4n) is 4.01. The van der Waals surface area contributed by atoms with Crippen LogP contribution in [0.2, 0.25) is 0 Å². The number of carbonyl (C=O) groups excluding carboxylic acids is 1. The van der Waals surface area contributed by atoms with Crippen LogP contribution in [0.3, 0.4) is 0 Å². The zero-order valence-electron chi connectivity index (χ0n) is 14.0. The van der Waals surface area contributed by atoms with Crippen LogP contribution in [0.15, 0.2) is 12.1 Å². The van der Waals surface area contributed by atoms with Crippen molar-refractivity contribution >= 4 is 11.8 Å². The Balaban J connectivity index is 2.36. The van der Waals surface area contributed by atoms with Crippen molar-refractivity contribution in [3.63, 3.8) is 0 Å². The number of carbonyl (C=O) groups is 2. The van der Waals surface area contributed by atoms with Gasteiger partial charge in [-0.15, -0.1) is 0 Å². The summed E-state index contributed by atoms with van der Waals surface area (Å²) >= 11 is 0. The van der Waals surface area contributed by atoms with Gasteiger partial charge in [-0.1, -0.05) is 37.5 Å². The van der Waals surface area contributed by atoms with Crippen LogP contribution >= 0.6 is 0 Å². The van der Waals surface area contributed by atoms with Gasteiger partial charge in [-0.05, 0) is 56.2 Å². The second-order valence-electron chi connectivity index (χ2n) is 6.90. The SMILES string of the molecule is Cc1cc(C)c(CC(=O)C2(C(=O)O)CCCCC2C)c(C)c1. The fourth-order valence-corrected chi connectivity index (χ4v) is 4.01. The van der Waals surface area contributed by atoms with Crippen LogP contribution in [-0.4, -0.2) is 16.9 Å². The summed E-state index contributed by atoms with van der Waals surface area (Å²) in [6, 6.07) is 4.13. The second-order valence-corrected chi connectivity index (χ2v) is 6.90. The summed E-state index contributed by atoms with van der Waals surface area (Å²) in [6.45, 7) is 7.95. The molecule has 22 heavy (non-hydrogen) atoms. The Hall–Kier alpha value is -1.64. The van der Waals surface area contributed by atoms with E-state index >= 15 is 0 Å². The van der Waals surface area contributed by atoms with Gasteiger partial charge in [0, 0.05) is 6.42 Å². The number of aliphatic carboxylic acids is 1. The standard InChI is InChI=1S/C19H26O3/c1-12-9-13(2)16(14(3)10-12)11-17(20)19(18(21)22)8-6-5-7-15(19)4/h9-10,15H,5-8,11H2,1-4H3,(H,21,22). The molecule has 2 unspecified atom stereocenters. The summed E-state index contributed by atoms with van der Waals surface area (Å²) < 4.78 is 0. The largest absolute Gasteiger partial charge is 0.480 e. The molecule has 1 saturated carbocycles. The van der Waals surface area contributed by atoms with E-state index in [0.717, 1.165) is 36.0 Å². The van der Waals surface area contributed by atoms with E-state index in [4.69, 9.17) is 0 Å². The number of Topliss-reactive ketones (excluding diaryl/α,β-unsaturated/α-hetero) is 1. The third-order valence-electron chi connectivity index (χ3n) is 5.36. The Kier molecular flexibility index (Phi) is 4.74. The van der Waals surface area contributed by atoms with E-state index < -0.39 is 11.4 Å². The first-order chi connectivity index (χ1) is 10.3. The Bertz CT molecular complexity index is 580. The van der Waals surface area contributed by atoms with Gasteiger partial charge in [0.1, 0.15) is 5.41 Å². The molecule has 0 amide bonds. The van der Waals surface area contributed by atoms with Gasteiger partial charge in [-0.3, -0.25) is 9.59 Å². The van der Waals surface area contributed by atoms with Gasteiger partial charge in [0.2, 0.25) is 0 Å². The summed E-state index contributed by atoms with van der Waals surface area (Å²) in [7, 11) is 0. The lowest BCUT2D eigenvalue weighted by Gasteiger charge is -2.37. The summed E-state index contributed by atoms with van der Waals surface area (Å²) in [5.41, 5.74) is 3.13. The van der Waals surface area contributed by atoms with Gasteiger partial charge in [-0.2, -0.15) is 0 Å². The zero-order chi connectivity index (χ0) is 16.5. The average Bonchev–Trinajstić information content (AvgIpc) is 2.42. The van der Waals surface area contributed by atoms with E-state index in [1.54, 1.807) is 0 Å². The van der Waals surface area contributed by atoms with Crippen molar-refractivity contribution < 1.29 is 14.7 Å². The normalized spacial score (nSPS) is 25.0. The van der Waals surface area contributed by atoms with E-state index in [-0.39, 0.29) is 18.1 Å². The summed E-state index contributed by atoms with van der Waals surface area (Å²) in [5, 5.41) is 9.77. The van der Waals surface area contributed by atoms with Crippen molar-refractivity contribution in [3.8, 4) is 0 Å². The quantitative estimate of drug-likeness (QED) is 0.855. The molecule has 120 valence electrons. The second kappa shape index (κ2) is 6.23. The third kappa shape index (κ3) is 2.81. The molecule has 0 radical (unpaired) electrons. The smallest absolute Gasteiger partial charge is 0.317 e. The Morgan fingerprint density at radius 3 is 2.27 bits per heavy atom. The van der Waals surface area contributed by atoms with E-state index in [0.29, 0.717) is 6.42 Å². The molecule has 3 nitrogen and oxygen atoms in total. The molecule has 1 aliphatic carbocycles. The minimum absolute atomic E-state index is 0.0858. The number of hydrogen-bond donors (Lipinski definition) is 1. The minimum Gasteiger partial charge on any atom is -0.480 e. The predicted molar refractivity (Wildman–Crippen MR) is 87.1 cm³/mol. The van der Waals surface area contributed by atoms with Crippen LogP contribution in [0.1, 0.15) is 54.9 Å². The third-order valence-corrected chi connectivity index (χ3v) is 5.36. The minimum atomic E-state index is -1.19. The Labute approximate surface area is 132 Å². The van der Waals surface area contributed by atoms with E-state index in [1.807, 2.05) is 27.7 Å². The molecule has 0 heterocycles. The number of rotatable bonds is 4. The van der Waals surface area contributed by atoms with Crippen molar-refractivity contribution in [3.05, 3.63) is 34.4 Å². The molecule has 2 atom stereocenters. The van der Waals surface area contributed by atoms with Gasteiger partial charge in [0.05, 0.1) is 0 Å². The van der Waals surface area contributed by atoms with Crippen LogP contribution in [0, 0.1) is 32.1 Å². The molecule has 2 rings (SSSR count). The molecule has 1 aliphatic rings. The van der Waals surface area contributed by atoms with Gasteiger partial charge in [-0.25, -0.2) is 0 Å². The number of carboxylic acids is 1. The van der Waals surface area contributed by atoms with Crippen LogP contribution in [0.25, 0.3) is 0 Å². The van der Waals surface area contributed by atoms with Crippen molar-refractivity contribution in [1.29, 1.82) is 0 Å².